The molecule has 6 heterocycles. The Hall–Kier alpha value is -3.94. The van der Waals surface area contributed by atoms with Gasteiger partial charge in [0, 0.05) is 41.1 Å². The van der Waals surface area contributed by atoms with E-state index in [1.54, 1.807) is 118 Å². The molecule has 2 atom stereocenters. The van der Waals surface area contributed by atoms with Crippen molar-refractivity contribution in [1.29, 1.82) is 0 Å². The normalized spacial score (nSPS) is 28.5. The second-order valence-corrected chi connectivity index (χ2v) is 24.4. The van der Waals surface area contributed by atoms with Gasteiger partial charge < -0.3 is 10.4 Å². The van der Waals surface area contributed by atoms with Crippen molar-refractivity contribution in [3.05, 3.63) is 103 Å². The highest BCUT2D eigenvalue weighted by Gasteiger charge is 2.85. The highest BCUT2D eigenvalue weighted by Crippen LogP contribution is 2.78. The molecule has 2 aromatic carbocycles. The van der Waals surface area contributed by atoms with Gasteiger partial charge in [0.2, 0.25) is 0 Å². The van der Waals surface area contributed by atoms with Crippen molar-refractivity contribution in [2.24, 2.45) is 0 Å². The summed E-state index contributed by atoms with van der Waals surface area (Å²) in [5, 5.41) is 55.1. The zero-order valence-electron chi connectivity index (χ0n) is 35.6. The van der Waals surface area contributed by atoms with Crippen LogP contribution in [0.1, 0.15) is 90.1 Å². The Bertz CT molecular complexity index is 2720. The van der Waals surface area contributed by atoms with Crippen molar-refractivity contribution in [3.8, 4) is 20.9 Å². The molecule has 0 unspecified atom stereocenters. The van der Waals surface area contributed by atoms with E-state index in [1.807, 2.05) is 0 Å². The Labute approximate surface area is 376 Å². The summed E-state index contributed by atoms with van der Waals surface area (Å²) in [6.45, 7) is 16.8. The van der Waals surface area contributed by atoms with Crippen LogP contribution in [0.2, 0.25) is 0 Å². The molecule has 18 heteroatoms. The number of halogens is 6. The van der Waals surface area contributed by atoms with Gasteiger partial charge in [-0.1, -0.05) is 34.4 Å². The van der Waals surface area contributed by atoms with Crippen LogP contribution in [-0.4, -0.2) is 80.7 Å². The van der Waals surface area contributed by atoms with Crippen molar-refractivity contribution in [2.45, 2.75) is 128 Å². The number of thiophene rings is 2. The lowest BCUT2D eigenvalue weighted by Crippen LogP contribution is -2.53. The van der Waals surface area contributed by atoms with Gasteiger partial charge in [-0.3, -0.25) is 9.48 Å². The lowest BCUT2D eigenvalue weighted by molar-refractivity contribution is -0.539. The van der Waals surface area contributed by atoms with Crippen LogP contribution in [0.15, 0.2) is 81.6 Å². The Balaban J connectivity index is 1.08. The summed E-state index contributed by atoms with van der Waals surface area (Å²) in [6, 6.07) is 16.4. The van der Waals surface area contributed by atoms with Crippen LogP contribution >= 0.6 is 46.2 Å². The lowest BCUT2D eigenvalue weighted by Gasteiger charge is -2.47. The first kappa shape index (κ1) is 43.0. The third kappa shape index (κ3) is 4.80. The van der Waals surface area contributed by atoms with Gasteiger partial charge in [-0.05, 0) is 139 Å². The molecule has 4 aromatic rings. The predicted octanol–water partition coefficient (Wildman–Crippen LogP) is 12.0. The molecule has 2 aromatic heterocycles. The highest BCUT2D eigenvalue weighted by atomic mass is 32.2. The Morgan fingerprint density at radius 1 is 0.492 bits per heavy atom. The molecular formula is C45H40F6N4O4S4. The zero-order valence-corrected chi connectivity index (χ0v) is 38.9. The van der Waals surface area contributed by atoms with Crippen LogP contribution in [0.5, 0.6) is 0 Å². The highest BCUT2D eigenvalue weighted by molar-refractivity contribution is 8.06. The largest absolute Gasteiger partial charge is 0.714 e. The SMILES string of the molecule is CC1(C)N([O])C(c2ccc(-c3ccc4c(c3)S[C@@]3(C)C4=C4C(=C5c6ccc(-c7ccc(C8=[N+]([O-])C(C)(C)C(C)(C)N8[O])s7)cc6S[C@@]53C)C(F)(F)C(F)(F)C4(F)F)s2)=[N+]([O-])C1(C)C. The Morgan fingerprint density at radius 3 is 1.14 bits per heavy atom. The number of fused-ring (bicyclic) bond motifs is 8. The molecule has 0 amide bonds. The predicted molar refractivity (Wildman–Crippen MR) is 234 cm³/mol. The van der Waals surface area contributed by atoms with E-state index in [2.05, 4.69) is 0 Å². The van der Waals surface area contributed by atoms with Gasteiger partial charge in [-0.15, -0.1) is 46.2 Å². The molecule has 0 bridgehead atoms. The number of hydroxylamine groups is 6. The molecule has 10 rings (SSSR count). The van der Waals surface area contributed by atoms with Crippen LogP contribution in [0, 0.1) is 10.4 Å². The van der Waals surface area contributed by atoms with Gasteiger partial charge in [0.15, 0.2) is 11.1 Å². The smallest absolute Gasteiger partial charge is 0.380 e. The van der Waals surface area contributed by atoms with E-state index in [4.69, 9.17) is 0 Å². The average molecular weight is 943 g/mol. The van der Waals surface area contributed by atoms with Crippen molar-refractivity contribution in [2.75, 3.05) is 0 Å². The molecule has 2 aliphatic carbocycles. The summed E-state index contributed by atoms with van der Waals surface area (Å²) in [7, 11) is 0. The molecule has 1 fully saturated rings. The molecule has 63 heavy (non-hydrogen) atoms. The molecule has 8 nitrogen and oxygen atoms in total. The molecule has 6 aliphatic rings. The fourth-order valence-electron chi connectivity index (χ4n) is 9.64. The van der Waals surface area contributed by atoms with Gasteiger partial charge in [0.25, 0.3) is 0 Å². The topological polar surface area (TPSA) is 98.4 Å². The van der Waals surface area contributed by atoms with Crippen molar-refractivity contribution in [3.63, 3.8) is 0 Å². The monoisotopic (exact) mass is 942 g/mol. The van der Waals surface area contributed by atoms with Gasteiger partial charge in [0.05, 0.1) is 9.49 Å². The molecule has 0 N–H and O–H groups in total. The number of rotatable bonds is 4. The number of thioether (sulfide) groups is 2. The number of benzene rings is 2. The minimum absolute atomic E-state index is 0.0452. The van der Waals surface area contributed by atoms with Crippen LogP contribution in [0.3, 0.4) is 0 Å². The quantitative estimate of drug-likeness (QED) is 0.115. The summed E-state index contributed by atoms with van der Waals surface area (Å²) in [4.78, 5) is 2.95. The third-order valence-electron chi connectivity index (χ3n) is 15.2. The summed E-state index contributed by atoms with van der Waals surface area (Å²) in [5.74, 6) is -16.3. The van der Waals surface area contributed by atoms with Crippen LogP contribution in [0.25, 0.3) is 32.0 Å². The summed E-state index contributed by atoms with van der Waals surface area (Å²) in [6.07, 6.45) is 0. The van der Waals surface area contributed by atoms with Crippen molar-refractivity contribution < 1.29 is 46.2 Å². The maximum atomic E-state index is 16.4. The van der Waals surface area contributed by atoms with Crippen molar-refractivity contribution >= 4 is 69.0 Å². The Kier molecular flexibility index (Phi) is 8.38. The number of nitrogens with zero attached hydrogens (tertiary/aromatic N) is 4. The first-order chi connectivity index (χ1) is 28.9. The number of hydrogen-bond acceptors (Lipinski definition) is 8. The van der Waals surface area contributed by atoms with Crippen LogP contribution in [0.4, 0.5) is 26.3 Å². The van der Waals surface area contributed by atoms with E-state index in [0.29, 0.717) is 60.0 Å². The second kappa shape index (κ2) is 12.3. The molecule has 0 saturated heterocycles. The summed E-state index contributed by atoms with van der Waals surface area (Å²) in [5.41, 5.74) is -5.97. The maximum absolute atomic E-state index is 16.4. The van der Waals surface area contributed by atoms with E-state index < -0.39 is 60.6 Å². The molecule has 2 radical (unpaired) electrons. The van der Waals surface area contributed by atoms with Gasteiger partial charge in [0.1, 0.15) is 20.8 Å². The first-order valence-corrected chi connectivity index (χ1v) is 23.3. The lowest BCUT2D eigenvalue weighted by atomic mass is 9.68. The van der Waals surface area contributed by atoms with Gasteiger partial charge in [-0.25, -0.2) is 0 Å². The molecule has 1 saturated carbocycles. The molecule has 4 aliphatic heterocycles. The van der Waals surface area contributed by atoms with E-state index in [0.717, 1.165) is 23.5 Å². The summed E-state index contributed by atoms with van der Waals surface area (Å²) < 4.78 is 95.6. The second-order valence-electron chi connectivity index (χ2n) is 19.3. The molecular weight excluding hydrogens is 903 g/mol. The van der Waals surface area contributed by atoms with Crippen LogP contribution < -0.4 is 0 Å². The van der Waals surface area contributed by atoms with E-state index in [9.17, 15) is 20.8 Å². The molecule has 0 spiro atoms. The minimum Gasteiger partial charge on any atom is -0.714 e. The third-order valence-corrected chi connectivity index (χ3v) is 20.7. The number of hydrogen-bond donors (Lipinski definition) is 0. The number of alkyl halides is 6. The standard InChI is InChI=1S/C45H40F6N4O4S4/c1-37(2)38(3,4)53(57)35(52(37)56)27-17-15-25(60-27)21-11-13-23-29(19-21)62-41(9)31(23)33-34(44(48,49)45(50,51)43(33,46)47)32-24-14-12-22(20-30(24)63-42(32,41)10)26-16-18-28(61-26)36-54(58)39(5,6)40(7,8)55(36)59/h11-20H,1-10H3/t41-,42-/m0/s1. The summed E-state index contributed by atoms with van der Waals surface area (Å²) >= 11 is 4.68. The van der Waals surface area contributed by atoms with Gasteiger partial charge >= 0.3 is 29.4 Å². The minimum atomic E-state index is -5.74. The van der Waals surface area contributed by atoms with E-state index in [-0.39, 0.29) is 33.9 Å². The zero-order chi connectivity index (χ0) is 45.9. The number of allylic oxidation sites excluding steroid dienone is 2. The molecule has 330 valence electrons. The average Bonchev–Trinajstić information content (AvgIpc) is 4.03. The fourth-order valence-corrected chi connectivity index (χ4v) is 14.9. The first-order valence-electron chi connectivity index (χ1n) is 20.1. The van der Waals surface area contributed by atoms with Crippen molar-refractivity contribution in [1.82, 2.24) is 10.1 Å². The number of amidine groups is 2. The maximum Gasteiger partial charge on any atom is 0.380 e. The fraction of sp³-hybridized carbons (Fsp3) is 0.422. The van der Waals surface area contributed by atoms with Gasteiger partial charge in [-0.2, -0.15) is 26.3 Å². The van der Waals surface area contributed by atoms with E-state index in [1.165, 1.54) is 34.8 Å². The van der Waals surface area contributed by atoms with Crippen LogP contribution in [-0.2, 0) is 10.4 Å². The Morgan fingerprint density at radius 2 is 0.825 bits per heavy atom. The van der Waals surface area contributed by atoms with E-state index >= 15 is 26.3 Å².